The molecule has 2 rings (SSSR count). The second-order valence-corrected chi connectivity index (χ2v) is 7.33. The molecule has 0 aromatic rings. The lowest BCUT2D eigenvalue weighted by atomic mass is 9.85. The largest absolute Gasteiger partial charge is 0.393 e. The van der Waals surface area contributed by atoms with Crippen LogP contribution in [0.1, 0.15) is 65.7 Å². The summed E-state index contributed by atoms with van der Waals surface area (Å²) < 4.78 is 5.94. The Labute approximate surface area is 136 Å². The van der Waals surface area contributed by atoms with Gasteiger partial charge in [0.05, 0.1) is 12.7 Å². The number of allylic oxidation sites excluding steroid dienone is 5. The first kappa shape index (κ1) is 17.5. The molecule has 0 aromatic carbocycles. The maximum atomic E-state index is 9.75. The molecule has 0 spiro atoms. The molecule has 2 nitrogen and oxygen atoms in total. The fourth-order valence-corrected chi connectivity index (χ4v) is 3.49. The van der Waals surface area contributed by atoms with Gasteiger partial charge in [-0.05, 0) is 71.6 Å². The monoisotopic (exact) mass is 304 g/mol. The number of aliphatic hydroxyl groups excluding tert-OH is 1. The van der Waals surface area contributed by atoms with Gasteiger partial charge in [0.2, 0.25) is 0 Å². The fourth-order valence-electron chi connectivity index (χ4n) is 3.49. The van der Waals surface area contributed by atoms with E-state index in [9.17, 15) is 5.11 Å². The maximum absolute atomic E-state index is 9.75. The van der Waals surface area contributed by atoms with Crippen molar-refractivity contribution in [2.24, 2.45) is 5.92 Å². The highest BCUT2D eigenvalue weighted by Crippen LogP contribution is 2.45. The van der Waals surface area contributed by atoms with E-state index in [2.05, 4.69) is 39.5 Å². The first-order valence-corrected chi connectivity index (χ1v) is 8.72. The van der Waals surface area contributed by atoms with Crippen LogP contribution in [0.3, 0.4) is 0 Å². The average molecular weight is 304 g/mol. The van der Waals surface area contributed by atoms with Crippen molar-refractivity contribution in [1.82, 2.24) is 0 Å². The second kappa shape index (κ2) is 7.61. The van der Waals surface area contributed by atoms with E-state index >= 15 is 0 Å². The average Bonchev–Trinajstić information content (AvgIpc) is 3.16. The normalized spacial score (nSPS) is 38.7. The van der Waals surface area contributed by atoms with Crippen LogP contribution in [0.4, 0.5) is 0 Å². The quantitative estimate of drug-likeness (QED) is 0.578. The van der Waals surface area contributed by atoms with Gasteiger partial charge in [-0.15, -0.1) is 0 Å². The van der Waals surface area contributed by atoms with E-state index in [-0.39, 0.29) is 18.3 Å². The zero-order valence-electron chi connectivity index (χ0n) is 14.5. The van der Waals surface area contributed by atoms with Crippen molar-refractivity contribution < 1.29 is 9.84 Å². The van der Waals surface area contributed by atoms with Gasteiger partial charge in [-0.3, -0.25) is 0 Å². The fraction of sp³-hybridized carbons (Fsp3) is 0.700. The van der Waals surface area contributed by atoms with E-state index < -0.39 is 0 Å². The molecule has 1 unspecified atom stereocenters. The highest BCUT2D eigenvalue weighted by Gasteiger charge is 2.55. The van der Waals surface area contributed by atoms with Gasteiger partial charge in [0.15, 0.2) is 0 Å². The molecule has 0 bridgehead atoms. The molecule has 22 heavy (non-hydrogen) atoms. The SMILES string of the molecule is C=C(C)C1CC/C(C)=C/CC/C(C)=C/CC[C@]2(CO)O[C@H]2C1. The van der Waals surface area contributed by atoms with Crippen molar-refractivity contribution in [3.8, 4) is 0 Å². The molecule has 1 saturated heterocycles. The number of epoxide rings is 1. The lowest BCUT2D eigenvalue weighted by Crippen LogP contribution is -2.22. The van der Waals surface area contributed by atoms with E-state index in [1.165, 1.54) is 16.7 Å². The molecule has 1 N–H and O–H groups in total. The number of fused-ring (bicyclic) bond motifs is 1. The summed E-state index contributed by atoms with van der Waals surface area (Å²) in [5.74, 6) is 0.502. The predicted molar refractivity (Wildman–Crippen MR) is 92.8 cm³/mol. The summed E-state index contributed by atoms with van der Waals surface area (Å²) in [4.78, 5) is 0. The Bertz CT molecular complexity index is 460. The minimum Gasteiger partial charge on any atom is -0.393 e. The van der Waals surface area contributed by atoms with Crippen LogP contribution in [-0.4, -0.2) is 23.4 Å². The second-order valence-electron chi connectivity index (χ2n) is 7.33. The van der Waals surface area contributed by atoms with Gasteiger partial charge in [-0.1, -0.05) is 35.5 Å². The van der Waals surface area contributed by atoms with E-state index in [0.29, 0.717) is 5.92 Å². The van der Waals surface area contributed by atoms with E-state index in [0.717, 1.165) is 44.9 Å². The summed E-state index contributed by atoms with van der Waals surface area (Å²) in [5, 5.41) is 9.75. The summed E-state index contributed by atoms with van der Waals surface area (Å²) in [6.45, 7) is 10.9. The first-order chi connectivity index (χ1) is 10.5. The third kappa shape index (κ3) is 4.57. The molecule has 0 saturated carbocycles. The lowest BCUT2D eigenvalue weighted by Gasteiger charge is -2.18. The third-order valence-corrected chi connectivity index (χ3v) is 5.35. The van der Waals surface area contributed by atoms with Crippen molar-refractivity contribution in [3.63, 3.8) is 0 Å². The minimum absolute atomic E-state index is 0.145. The van der Waals surface area contributed by atoms with Gasteiger partial charge in [-0.25, -0.2) is 0 Å². The summed E-state index contributed by atoms with van der Waals surface area (Å²) in [6, 6.07) is 0. The maximum Gasteiger partial charge on any atom is 0.118 e. The topological polar surface area (TPSA) is 32.8 Å². The van der Waals surface area contributed by atoms with Crippen LogP contribution in [0.15, 0.2) is 35.5 Å². The Hall–Kier alpha value is -0.860. The molecule has 0 amide bonds. The van der Waals surface area contributed by atoms with Crippen molar-refractivity contribution in [2.75, 3.05) is 6.61 Å². The Morgan fingerprint density at radius 3 is 2.64 bits per heavy atom. The van der Waals surface area contributed by atoms with Crippen molar-refractivity contribution in [3.05, 3.63) is 35.5 Å². The minimum atomic E-state index is -0.278. The molecule has 0 radical (unpaired) electrons. The van der Waals surface area contributed by atoms with Crippen LogP contribution in [0.2, 0.25) is 0 Å². The van der Waals surface area contributed by atoms with Crippen LogP contribution in [0.25, 0.3) is 0 Å². The smallest absolute Gasteiger partial charge is 0.118 e. The lowest BCUT2D eigenvalue weighted by molar-refractivity contribution is 0.164. The highest BCUT2D eigenvalue weighted by atomic mass is 16.6. The molecule has 2 aliphatic rings. The van der Waals surface area contributed by atoms with Crippen LogP contribution >= 0.6 is 0 Å². The van der Waals surface area contributed by atoms with Crippen LogP contribution in [0, 0.1) is 5.92 Å². The molecule has 1 aliphatic heterocycles. The van der Waals surface area contributed by atoms with Gasteiger partial charge in [0, 0.05) is 0 Å². The molecular weight excluding hydrogens is 272 g/mol. The number of hydrogen-bond donors (Lipinski definition) is 1. The zero-order chi connectivity index (χ0) is 16.2. The zero-order valence-corrected chi connectivity index (χ0v) is 14.5. The standard InChI is InChI=1S/C20H32O2/c1-15(2)18-11-10-17(4)8-5-7-16(3)9-6-12-20(14-21)19(13-18)22-20/h8-9,18-19,21H,1,5-7,10-14H2,2-4H3/b16-9+,17-8+/t18?,19-,20+/m0/s1. The van der Waals surface area contributed by atoms with Gasteiger partial charge in [0.1, 0.15) is 5.60 Å². The molecule has 124 valence electrons. The number of ether oxygens (including phenoxy) is 1. The summed E-state index contributed by atoms with van der Waals surface area (Å²) in [5.41, 5.74) is 3.91. The summed E-state index contributed by atoms with van der Waals surface area (Å²) in [6.07, 6.45) is 12.4. The van der Waals surface area contributed by atoms with E-state index in [4.69, 9.17) is 4.74 Å². The summed E-state index contributed by atoms with van der Waals surface area (Å²) in [7, 11) is 0. The van der Waals surface area contributed by atoms with Crippen LogP contribution < -0.4 is 0 Å². The van der Waals surface area contributed by atoms with Gasteiger partial charge in [0.25, 0.3) is 0 Å². The summed E-state index contributed by atoms with van der Waals surface area (Å²) >= 11 is 0. The van der Waals surface area contributed by atoms with E-state index in [1.54, 1.807) is 0 Å². The Morgan fingerprint density at radius 2 is 1.95 bits per heavy atom. The number of hydrogen-bond acceptors (Lipinski definition) is 2. The first-order valence-electron chi connectivity index (χ1n) is 8.72. The number of rotatable bonds is 2. The molecule has 2 heteroatoms. The molecule has 0 aromatic heterocycles. The van der Waals surface area contributed by atoms with Gasteiger partial charge < -0.3 is 9.84 Å². The molecule has 3 atom stereocenters. The predicted octanol–water partition coefficient (Wildman–Crippen LogP) is 4.95. The Balaban J connectivity index is 2.08. The molecule has 1 fully saturated rings. The van der Waals surface area contributed by atoms with Crippen molar-refractivity contribution >= 4 is 0 Å². The molecule has 1 heterocycles. The van der Waals surface area contributed by atoms with Gasteiger partial charge in [-0.2, -0.15) is 0 Å². The van der Waals surface area contributed by atoms with Gasteiger partial charge >= 0.3 is 0 Å². The van der Waals surface area contributed by atoms with Crippen molar-refractivity contribution in [2.45, 2.75) is 77.4 Å². The Kier molecular flexibility index (Phi) is 6.05. The molecule has 1 aliphatic carbocycles. The van der Waals surface area contributed by atoms with E-state index in [1.807, 2.05) is 0 Å². The highest BCUT2D eigenvalue weighted by molar-refractivity contribution is 5.11. The molecular formula is C20H32O2. The van der Waals surface area contributed by atoms with Crippen LogP contribution in [0.5, 0.6) is 0 Å². The Morgan fingerprint density at radius 1 is 1.27 bits per heavy atom. The number of aliphatic hydroxyl groups is 1. The van der Waals surface area contributed by atoms with Crippen LogP contribution in [-0.2, 0) is 4.74 Å². The third-order valence-electron chi connectivity index (χ3n) is 5.35. The van der Waals surface area contributed by atoms with Crippen molar-refractivity contribution in [1.29, 1.82) is 0 Å².